The first-order chi connectivity index (χ1) is 8.79. The zero-order valence-electron chi connectivity index (χ0n) is 10.6. The molecule has 1 aromatic carbocycles. The fourth-order valence-electron chi connectivity index (χ4n) is 1.81. The van der Waals surface area contributed by atoms with Crippen molar-refractivity contribution < 1.29 is 0 Å². The standard InChI is InChI=1S/C15H17BrN2/c1-2-3-4-5-15-17-10-13(11-18-15)12-6-8-14(16)9-7-12/h6-11H,2-5H2,1H3. The number of benzene rings is 1. The van der Waals surface area contributed by atoms with E-state index in [1.54, 1.807) is 0 Å². The SMILES string of the molecule is CCCCCc1ncc(-c2ccc(Br)cc2)cn1. The first-order valence-corrected chi connectivity index (χ1v) is 7.15. The molecular formula is C15H17BrN2. The van der Waals surface area contributed by atoms with Crippen molar-refractivity contribution >= 4 is 15.9 Å². The van der Waals surface area contributed by atoms with Crippen LogP contribution < -0.4 is 0 Å². The van der Waals surface area contributed by atoms with Gasteiger partial charge < -0.3 is 0 Å². The van der Waals surface area contributed by atoms with Crippen LogP contribution in [0.4, 0.5) is 0 Å². The van der Waals surface area contributed by atoms with Crippen LogP contribution in [0.3, 0.4) is 0 Å². The molecule has 1 heterocycles. The molecule has 94 valence electrons. The predicted octanol–water partition coefficient (Wildman–Crippen LogP) is 4.64. The molecule has 2 aromatic rings. The highest BCUT2D eigenvalue weighted by molar-refractivity contribution is 9.10. The molecule has 1 aromatic heterocycles. The van der Waals surface area contributed by atoms with Gasteiger partial charge in [-0.2, -0.15) is 0 Å². The Morgan fingerprint density at radius 1 is 0.944 bits per heavy atom. The number of unbranched alkanes of at least 4 members (excludes halogenated alkanes) is 2. The Morgan fingerprint density at radius 3 is 2.22 bits per heavy atom. The van der Waals surface area contributed by atoms with Gasteiger partial charge in [0.05, 0.1) is 0 Å². The van der Waals surface area contributed by atoms with Gasteiger partial charge in [0.25, 0.3) is 0 Å². The predicted molar refractivity (Wildman–Crippen MR) is 78.4 cm³/mol. The Hall–Kier alpha value is -1.22. The van der Waals surface area contributed by atoms with E-state index in [1.807, 2.05) is 24.5 Å². The van der Waals surface area contributed by atoms with Crippen molar-refractivity contribution in [3.63, 3.8) is 0 Å². The van der Waals surface area contributed by atoms with Crippen LogP contribution in [0, 0.1) is 0 Å². The lowest BCUT2D eigenvalue weighted by molar-refractivity contribution is 0.693. The largest absolute Gasteiger partial charge is 0.241 e. The van der Waals surface area contributed by atoms with E-state index in [4.69, 9.17) is 0 Å². The van der Waals surface area contributed by atoms with Crippen molar-refractivity contribution in [2.75, 3.05) is 0 Å². The van der Waals surface area contributed by atoms with Crippen LogP contribution in [0.15, 0.2) is 41.1 Å². The van der Waals surface area contributed by atoms with Gasteiger partial charge in [-0.05, 0) is 24.1 Å². The molecule has 0 aliphatic heterocycles. The highest BCUT2D eigenvalue weighted by Crippen LogP contribution is 2.20. The summed E-state index contributed by atoms with van der Waals surface area (Å²) in [5, 5.41) is 0. The second-order valence-electron chi connectivity index (χ2n) is 4.35. The minimum Gasteiger partial charge on any atom is -0.241 e. The first-order valence-electron chi connectivity index (χ1n) is 6.36. The van der Waals surface area contributed by atoms with Crippen molar-refractivity contribution in [1.29, 1.82) is 0 Å². The van der Waals surface area contributed by atoms with Gasteiger partial charge in [-0.1, -0.05) is 47.8 Å². The fraction of sp³-hybridized carbons (Fsp3) is 0.333. The number of halogens is 1. The molecule has 0 radical (unpaired) electrons. The molecule has 0 N–H and O–H groups in total. The molecule has 0 bridgehead atoms. The molecule has 0 saturated heterocycles. The Kier molecular flexibility index (Phi) is 4.88. The van der Waals surface area contributed by atoms with E-state index >= 15 is 0 Å². The number of hydrogen-bond donors (Lipinski definition) is 0. The monoisotopic (exact) mass is 304 g/mol. The van der Waals surface area contributed by atoms with Crippen LogP contribution in [0.5, 0.6) is 0 Å². The van der Waals surface area contributed by atoms with Gasteiger partial charge >= 0.3 is 0 Å². The van der Waals surface area contributed by atoms with Crippen LogP contribution >= 0.6 is 15.9 Å². The average Bonchev–Trinajstić information content (AvgIpc) is 2.41. The molecule has 0 spiro atoms. The van der Waals surface area contributed by atoms with Crippen LogP contribution in [0.2, 0.25) is 0 Å². The molecule has 0 fully saturated rings. The van der Waals surface area contributed by atoms with Crippen molar-refractivity contribution in [3.05, 3.63) is 47.0 Å². The third kappa shape index (κ3) is 3.64. The third-order valence-electron chi connectivity index (χ3n) is 2.89. The smallest absolute Gasteiger partial charge is 0.128 e. The van der Waals surface area contributed by atoms with Crippen LogP contribution in [-0.4, -0.2) is 9.97 Å². The van der Waals surface area contributed by atoms with Crippen molar-refractivity contribution in [2.45, 2.75) is 32.6 Å². The maximum atomic E-state index is 4.43. The maximum Gasteiger partial charge on any atom is 0.128 e. The Bertz CT molecular complexity index is 477. The Labute approximate surface area is 117 Å². The summed E-state index contributed by atoms with van der Waals surface area (Å²) in [6.45, 7) is 2.21. The van der Waals surface area contributed by atoms with Gasteiger partial charge in [0.15, 0.2) is 0 Å². The van der Waals surface area contributed by atoms with E-state index in [9.17, 15) is 0 Å². The van der Waals surface area contributed by atoms with Crippen LogP contribution in [0.25, 0.3) is 11.1 Å². The molecule has 2 nitrogen and oxygen atoms in total. The van der Waals surface area contributed by atoms with E-state index in [2.05, 4.69) is 45.0 Å². The third-order valence-corrected chi connectivity index (χ3v) is 3.42. The lowest BCUT2D eigenvalue weighted by Crippen LogP contribution is -1.95. The molecule has 0 amide bonds. The van der Waals surface area contributed by atoms with Crippen molar-refractivity contribution in [2.24, 2.45) is 0 Å². The summed E-state index contributed by atoms with van der Waals surface area (Å²) in [5.74, 6) is 0.948. The number of aryl methyl sites for hydroxylation is 1. The van der Waals surface area contributed by atoms with Gasteiger partial charge in [0.1, 0.15) is 5.82 Å². The Balaban J connectivity index is 2.05. The fourth-order valence-corrected chi connectivity index (χ4v) is 2.07. The number of rotatable bonds is 5. The van der Waals surface area contributed by atoms with Gasteiger partial charge in [0.2, 0.25) is 0 Å². The zero-order chi connectivity index (χ0) is 12.8. The van der Waals surface area contributed by atoms with E-state index in [-0.39, 0.29) is 0 Å². The van der Waals surface area contributed by atoms with Gasteiger partial charge in [-0.25, -0.2) is 9.97 Å². The zero-order valence-corrected chi connectivity index (χ0v) is 12.2. The second-order valence-corrected chi connectivity index (χ2v) is 5.27. The number of hydrogen-bond acceptors (Lipinski definition) is 2. The summed E-state index contributed by atoms with van der Waals surface area (Å²) >= 11 is 3.43. The van der Waals surface area contributed by atoms with Crippen molar-refractivity contribution in [1.82, 2.24) is 9.97 Å². The minimum atomic E-state index is 0.948. The van der Waals surface area contributed by atoms with Crippen LogP contribution in [-0.2, 0) is 6.42 Å². The molecule has 0 saturated carbocycles. The summed E-state index contributed by atoms with van der Waals surface area (Å²) in [5.41, 5.74) is 2.22. The van der Waals surface area contributed by atoms with E-state index in [1.165, 1.54) is 19.3 Å². The van der Waals surface area contributed by atoms with Gasteiger partial charge in [0, 0.05) is 28.9 Å². The first kappa shape index (κ1) is 13.2. The number of nitrogens with zero attached hydrogens (tertiary/aromatic N) is 2. The summed E-state index contributed by atoms with van der Waals surface area (Å²) in [7, 11) is 0. The molecule has 18 heavy (non-hydrogen) atoms. The molecular weight excluding hydrogens is 288 g/mol. The maximum absolute atomic E-state index is 4.43. The minimum absolute atomic E-state index is 0.948. The summed E-state index contributed by atoms with van der Waals surface area (Å²) in [4.78, 5) is 8.85. The van der Waals surface area contributed by atoms with Gasteiger partial charge in [-0.3, -0.25) is 0 Å². The summed E-state index contributed by atoms with van der Waals surface area (Å²) in [6, 6.07) is 8.20. The summed E-state index contributed by atoms with van der Waals surface area (Å²) < 4.78 is 1.09. The number of aromatic nitrogens is 2. The second kappa shape index (κ2) is 6.64. The van der Waals surface area contributed by atoms with E-state index in [0.29, 0.717) is 0 Å². The molecule has 0 unspecified atom stereocenters. The highest BCUT2D eigenvalue weighted by Gasteiger charge is 2.00. The molecule has 0 atom stereocenters. The highest BCUT2D eigenvalue weighted by atomic mass is 79.9. The lowest BCUT2D eigenvalue weighted by atomic mass is 10.1. The molecule has 0 aliphatic rings. The van der Waals surface area contributed by atoms with Crippen LogP contribution in [0.1, 0.15) is 32.0 Å². The van der Waals surface area contributed by atoms with E-state index in [0.717, 1.165) is 27.8 Å². The molecule has 0 aliphatic carbocycles. The quantitative estimate of drug-likeness (QED) is 0.752. The lowest BCUT2D eigenvalue weighted by Gasteiger charge is -2.03. The van der Waals surface area contributed by atoms with E-state index < -0.39 is 0 Å². The topological polar surface area (TPSA) is 25.8 Å². The van der Waals surface area contributed by atoms with Crippen molar-refractivity contribution in [3.8, 4) is 11.1 Å². The molecule has 2 rings (SSSR count). The summed E-state index contributed by atoms with van der Waals surface area (Å²) in [6.07, 6.45) is 8.46. The Morgan fingerprint density at radius 2 is 1.61 bits per heavy atom. The normalized spacial score (nSPS) is 10.6. The van der Waals surface area contributed by atoms with Gasteiger partial charge in [-0.15, -0.1) is 0 Å². The average molecular weight is 305 g/mol. The molecule has 3 heteroatoms.